The lowest BCUT2D eigenvalue weighted by Crippen LogP contribution is -2.13. The van der Waals surface area contributed by atoms with Crippen LogP contribution in [0.2, 0.25) is 0 Å². The topological polar surface area (TPSA) is 24.4 Å². The first-order valence-corrected chi connectivity index (χ1v) is 2.08. The molecule has 33 valence electrons. The van der Waals surface area contributed by atoms with E-state index in [1.807, 2.05) is 0 Å². The first-order chi connectivity index (χ1) is 2.89. The zero-order chi connectivity index (χ0) is 4.41. The molecule has 1 N–H and O–H groups in total. The van der Waals surface area contributed by atoms with Crippen LogP contribution in [0, 0.1) is 6.67 Å². The Bertz CT molecular complexity index is 71.2. The molecule has 0 spiro atoms. The highest BCUT2D eigenvalue weighted by molar-refractivity contribution is 6.28. The molecule has 0 fully saturated rings. The van der Waals surface area contributed by atoms with Crippen LogP contribution in [-0.4, -0.2) is 11.7 Å². The number of nitrogens with one attached hydrogen (secondary N) is 1. The van der Waals surface area contributed by atoms with Crippen molar-refractivity contribution in [2.45, 2.75) is 5.50 Å². The highest BCUT2D eigenvalue weighted by Gasteiger charge is 2.01. The van der Waals surface area contributed by atoms with E-state index in [1.54, 1.807) is 12.9 Å². The minimum Gasteiger partial charge on any atom is -0.272 e. The van der Waals surface area contributed by atoms with E-state index in [1.165, 1.54) is 0 Å². The first kappa shape index (κ1) is 4.09. The second-order valence-electron chi connectivity index (χ2n) is 0.996. The maximum absolute atomic E-state index is 5.42. The Balaban J connectivity index is 2.38. The normalized spacial score (nSPS) is 31.8. The van der Waals surface area contributed by atoms with E-state index in [-0.39, 0.29) is 5.50 Å². The Hall–Kier alpha value is -0.0800. The minimum atomic E-state index is -0.0787. The van der Waals surface area contributed by atoms with Gasteiger partial charge in [-0.25, -0.2) is 0 Å². The summed E-state index contributed by atoms with van der Waals surface area (Å²) in [5, 5.41) is 2.74. The summed E-state index contributed by atoms with van der Waals surface area (Å²) in [6.07, 6.45) is 1.63. The molecular weight excluding hydrogens is 99.5 g/mol. The van der Waals surface area contributed by atoms with Gasteiger partial charge in [-0.15, -0.1) is 0 Å². The van der Waals surface area contributed by atoms with E-state index >= 15 is 0 Å². The molecule has 1 rings (SSSR count). The van der Waals surface area contributed by atoms with E-state index < -0.39 is 0 Å². The summed E-state index contributed by atoms with van der Waals surface area (Å²) >= 11 is 5.42. The van der Waals surface area contributed by atoms with Crippen molar-refractivity contribution in [3.8, 4) is 0 Å². The number of hydrogen-bond donors (Lipinski definition) is 1. The largest absolute Gasteiger partial charge is 0.272 e. The summed E-state index contributed by atoms with van der Waals surface area (Å²) in [5.74, 6) is 0. The van der Waals surface area contributed by atoms with Crippen molar-refractivity contribution in [3.63, 3.8) is 0 Å². The SMILES string of the molecule is ClC1C=N[CH]N1. The van der Waals surface area contributed by atoms with Gasteiger partial charge in [-0.1, -0.05) is 11.6 Å². The molecule has 1 aliphatic heterocycles. The highest BCUT2D eigenvalue weighted by Crippen LogP contribution is 1.93. The number of halogens is 1. The van der Waals surface area contributed by atoms with Gasteiger partial charge in [0.05, 0.1) is 0 Å². The van der Waals surface area contributed by atoms with Crippen molar-refractivity contribution in [3.05, 3.63) is 6.67 Å². The van der Waals surface area contributed by atoms with Crippen molar-refractivity contribution in [2.24, 2.45) is 4.99 Å². The van der Waals surface area contributed by atoms with Gasteiger partial charge < -0.3 is 0 Å². The monoisotopic (exact) mass is 103 g/mol. The molecule has 0 bridgehead atoms. The predicted octanol–water partition coefficient (Wildman–Crippen LogP) is 0.345. The summed E-state index contributed by atoms with van der Waals surface area (Å²) in [6, 6.07) is 0. The smallest absolute Gasteiger partial charge is 0.136 e. The molecule has 1 unspecified atom stereocenters. The number of alkyl halides is 1. The van der Waals surface area contributed by atoms with Gasteiger partial charge in [0.15, 0.2) is 0 Å². The van der Waals surface area contributed by atoms with Crippen LogP contribution in [-0.2, 0) is 0 Å². The van der Waals surface area contributed by atoms with Gasteiger partial charge >= 0.3 is 0 Å². The van der Waals surface area contributed by atoms with Crippen LogP contribution >= 0.6 is 11.6 Å². The lowest BCUT2D eigenvalue weighted by atomic mass is 10.7. The molecular formula is C3H4ClN2. The molecule has 0 aliphatic carbocycles. The molecule has 1 aliphatic rings. The predicted molar refractivity (Wildman–Crippen MR) is 25.6 cm³/mol. The van der Waals surface area contributed by atoms with E-state index in [4.69, 9.17) is 11.6 Å². The van der Waals surface area contributed by atoms with Crippen LogP contribution in [0.15, 0.2) is 4.99 Å². The minimum absolute atomic E-state index is 0.0787. The fourth-order valence-corrected chi connectivity index (χ4v) is 0.397. The molecule has 0 amide bonds. The zero-order valence-corrected chi connectivity index (χ0v) is 3.81. The lowest BCUT2D eigenvalue weighted by molar-refractivity contribution is 0.916. The second kappa shape index (κ2) is 1.58. The maximum atomic E-state index is 5.42. The molecule has 6 heavy (non-hydrogen) atoms. The van der Waals surface area contributed by atoms with Crippen LogP contribution < -0.4 is 5.32 Å². The molecule has 1 heterocycles. The Kier molecular flexibility index (Phi) is 1.08. The third kappa shape index (κ3) is 0.698. The van der Waals surface area contributed by atoms with Gasteiger partial charge in [0.1, 0.15) is 12.2 Å². The van der Waals surface area contributed by atoms with Crippen molar-refractivity contribution < 1.29 is 0 Å². The van der Waals surface area contributed by atoms with Gasteiger partial charge in [0, 0.05) is 6.21 Å². The van der Waals surface area contributed by atoms with Crippen LogP contribution in [0.25, 0.3) is 0 Å². The molecule has 0 aromatic carbocycles. The summed E-state index contributed by atoms with van der Waals surface area (Å²) in [7, 11) is 0. The van der Waals surface area contributed by atoms with E-state index in [0.717, 1.165) is 0 Å². The Morgan fingerprint density at radius 1 is 1.83 bits per heavy atom. The maximum Gasteiger partial charge on any atom is 0.136 e. The van der Waals surface area contributed by atoms with E-state index in [0.29, 0.717) is 0 Å². The van der Waals surface area contributed by atoms with Crippen molar-refractivity contribution in [1.29, 1.82) is 0 Å². The lowest BCUT2D eigenvalue weighted by Gasteiger charge is -1.88. The fraction of sp³-hybridized carbons (Fsp3) is 0.333. The molecule has 3 heteroatoms. The second-order valence-corrected chi connectivity index (χ2v) is 1.47. The van der Waals surface area contributed by atoms with Gasteiger partial charge in [0.2, 0.25) is 0 Å². The van der Waals surface area contributed by atoms with Crippen molar-refractivity contribution in [2.75, 3.05) is 0 Å². The Labute approximate surface area is 41.2 Å². The summed E-state index contributed by atoms with van der Waals surface area (Å²) in [5.41, 5.74) is -0.0787. The third-order valence-electron chi connectivity index (χ3n) is 0.525. The Morgan fingerprint density at radius 2 is 2.67 bits per heavy atom. The number of aliphatic imine (C=N–C) groups is 1. The van der Waals surface area contributed by atoms with Gasteiger partial charge in [0.25, 0.3) is 0 Å². The summed E-state index contributed by atoms with van der Waals surface area (Å²) in [4.78, 5) is 3.67. The van der Waals surface area contributed by atoms with E-state index in [2.05, 4.69) is 10.3 Å². The molecule has 1 atom stereocenters. The molecule has 0 aromatic rings. The summed E-state index contributed by atoms with van der Waals surface area (Å²) < 4.78 is 0. The third-order valence-corrected chi connectivity index (χ3v) is 0.764. The molecule has 2 nitrogen and oxygen atoms in total. The molecule has 0 saturated carbocycles. The number of nitrogens with zero attached hydrogens (tertiary/aromatic N) is 1. The average Bonchev–Trinajstić information content (AvgIpc) is 1.86. The van der Waals surface area contributed by atoms with Crippen LogP contribution in [0.3, 0.4) is 0 Å². The number of rotatable bonds is 0. The fourth-order valence-electron chi connectivity index (χ4n) is 0.276. The molecule has 0 saturated heterocycles. The van der Waals surface area contributed by atoms with E-state index in [9.17, 15) is 0 Å². The summed E-state index contributed by atoms with van der Waals surface area (Å²) in [6.45, 7) is 1.57. The van der Waals surface area contributed by atoms with Crippen LogP contribution in [0.4, 0.5) is 0 Å². The quantitative estimate of drug-likeness (QED) is 0.347. The average molecular weight is 104 g/mol. The van der Waals surface area contributed by atoms with Crippen molar-refractivity contribution >= 4 is 17.8 Å². The van der Waals surface area contributed by atoms with Gasteiger partial charge in [-0.3, -0.25) is 10.3 Å². The first-order valence-electron chi connectivity index (χ1n) is 1.65. The molecule has 0 aromatic heterocycles. The van der Waals surface area contributed by atoms with Crippen LogP contribution in [0.1, 0.15) is 0 Å². The van der Waals surface area contributed by atoms with Crippen LogP contribution in [0.5, 0.6) is 0 Å². The standard InChI is InChI=1S/C3H4ClN2/c4-3-1-5-2-6-3/h1-3,6H. The highest BCUT2D eigenvalue weighted by atomic mass is 35.5. The zero-order valence-electron chi connectivity index (χ0n) is 3.06. The van der Waals surface area contributed by atoms with Gasteiger partial charge in [-0.2, -0.15) is 0 Å². The van der Waals surface area contributed by atoms with Crippen molar-refractivity contribution in [1.82, 2.24) is 5.32 Å². The molecule has 1 radical (unpaired) electrons. The Morgan fingerprint density at radius 3 is 2.83 bits per heavy atom. The number of hydrogen-bond acceptors (Lipinski definition) is 2. The van der Waals surface area contributed by atoms with Gasteiger partial charge in [-0.05, 0) is 0 Å².